The molecule has 27 heavy (non-hydrogen) atoms. The fraction of sp³-hybridized carbons (Fsp3) is 0.350. The Morgan fingerprint density at radius 3 is 2.67 bits per heavy atom. The van der Waals surface area contributed by atoms with Gasteiger partial charge in [-0.2, -0.15) is 5.10 Å². The predicted octanol–water partition coefficient (Wildman–Crippen LogP) is 3.50. The molecule has 3 heterocycles. The molecule has 7 heteroatoms. The van der Waals surface area contributed by atoms with Gasteiger partial charge in [0.1, 0.15) is 11.6 Å². The van der Waals surface area contributed by atoms with Crippen molar-refractivity contribution in [2.24, 2.45) is 0 Å². The number of anilines is 2. The van der Waals surface area contributed by atoms with E-state index in [-0.39, 0.29) is 11.9 Å². The zero-order valence-electron chi connectivity index (χ0n) is 15.6. The van der Waals surface area contributed by atoms with Crippen molar-refractivity contribution in [3.05, 3.63) is 59.7 Å². The molecule has 3 aromatic rings. The lowest BCUT2D eigenvalue weighted by Gasteiger charge is -2.35. The summed E-state index contributed by atoms with van der Waals surface area (Å²) in [5, 5.41) is 16.5. The average molecular weight is 366 g/mol. The lowest BCUT2D eigenvalue weighted by molar-refractivity contribution is 0.517. The second-order valence-electron chi connectivity index (χ2n) is 7.00. The molecule has 4 rings (SSSR count). The Bertz CT molecular complexity index is 920. The molecule has 0 radical (unpaired) electrons. The minimum absolute atomic E-state index is 0.174. The summed E-state index contributed by atoms with van der Waals surface area (Å²) in [5.74, 6) is 1.25. The van der Waals surface area contributed by atoms with Crippen LogP contribution in [0.2, 0.25) is 0 Å². The van der Waals surface area contributed by atoms with E-state index in [0.29, 0.717) is 11.5 Å². The largest absolute Gasteiger partial charge is 0.367 e. The van der Waals surface area contributed by atoms with Gasteiger partial charge in [0.05, 0.1) is 11.4 Å². The minimum atomic E-state index is -0.174. The predicted molar refractivity (Wildman–Crippen MR) is 104 cm³/mol. The van der Waals surface area contributed by atoms with E-state index in [4.69, 9.17) is 0 Å². The molecule has 1 N–H and O–H groups in total. The molecule has 140 valence electrons. The first-order valence-electron chi connectivity index (χ1n) is 9.23. The number of nitrogens with one attached hydrogen (secondary N) is 1. The Morgan fingerprint density at radius 2 is 1.96 bits per heavy atom. The second kappa shape index (κ2) is 7.34. The quantitative estimate of drug-likeness (QED) is 0.766. The highest BCUT2D eigenvalue weighted by atomic mass is 19.1. The molecular weight excluding hydrogens is 343 g/mol. The number of benzene rings is 1. The summed E-state index contributed by atoms with van der Waals surface area (Å²) in [7, 11) is 0. The standard InChI is InChI=1S/C20H23FN6/c1-14-12-15(2)27(25-14)20-10-9-19(23-24-20)22-16-6-5-11-26(13-16)18-8-4-3-7-17(18)21/h3-4,7-10,12,16H,5-6,11,13H2,1-2H3,(H,22,23). The second-order valence-corrected chi connectivity index (χ2v) is 7.00. The van der Waals surface area contributed by atoms with E-state index in [2.05, 4.69) is 25.5 Å². The van der Waals surface area contributed by atoms with Crippen molar-refractivity contribution in [1.29, 1.82) is 0 Å². The lowest BCUT2D eigenvalue weighted by Crippen LogP contribution is -2.42. The third-order valence-corrected chi connectivity index (χ3v) is 4.84. The third-order valence-electron chi connectivity index (χ3n) is 4.84. The molecule has 1 aliphatic rings. The molecule has 1 atom stereocenters. The number of hydrogen-bond donors (Lipinski definition) is 1. The minimum Gasteiger partial charge on any atom is -0.367 e. The third kappa shape index (κ3) is 3.77. The first-order valence-corrected chi connectivity index (χ1v) is 9.23. The van der Waals surface area contributed by atoms with Gasteiger partial charge in [-0.1, -0.05) is 12.1 Å². The van der Waals surface area contributed by atoms with Gasteiger partial charge in [-0.15, -0.1) is 10.2 Å². The van der Waals surface area contributed by atoms with E-state index in [9.17, 15) is 4.39 Å². The van der Waals surface area contributed by atoms with E-state index in [1.807, 2.05) is 44.2 Å². The normalized spacial score (nSPS) is 17.1. The van der Waals surface area contributed by atoms with Crippen LogP contribution in [-0.4, -0.2) is 39.1 Å². The van der Waals surface area contributed by atoms with Crippen molar-refractivity contribution in [1.82, 2.24) is 20.0 Å². The van der Waals surface area contributed by atoms with Gasteiger partial charge in [0.2, 0.25) is 0 Å². The Labute approximate surface area is 158 Å². The fourth-order valence-electron chi connectivity index (χ4n) is 3.61. The first kappa shape index (κ1) is 17.5. The van der Waals surface area contributed by atoms with Crippen molar-refractivity contribution >= 4 is 11.5 Å². The van der Waals surface area contributed by atoms with Gasteiger partial charge in [-0.3, -0.25) is 0 Å². The van der Waals surface area contributed by atoms with Crippen LogP contribution in [-0.2, 0) is 0 Å². The van der Waals surface area contributed by atoms with Crippen LogP contribution < -0.4 is 10.2 Å². The Balaban J connectivity index is 1.44. The van der Waals surface area contributed by atoms with E-state index in [1.165, 1.54) is 6.07 Å². The van der Waals surface area contributed by atoms with Gasteiger partial charge >= 0.3 is 0 Å². The van der Waals surface area contributed by atoms with Gasteiger partial charge < -0.3 is 10.2 Å². The number of halogens is 1. The molecule has 1 aliphatic heterocycles. The highest BCUT2D eigenvalue weighted by molar-refractivity contribution is 5.49. The highest BCUT2D eigenvalue weighted by Gasteiger charge is 2.22. The molecular formula is C20H23FN6. The van der Waals surface area contributed by atoms with Crippen molar-refractivity contribution in [2.75, 3.05) is 23.3 Å². The molecule has 1 fully saturated rings. The number of piperidine rings is 1. The molecule has 0 aliphatic carbocycles. The number of nitrogens with zero attached hydrogens (tertiary/aromatic N) is 5. The number of aryl methyl sites for hydroxylation is 2. The highest BCUT2D eigenvalue weighted by Crippen LogP contribution is 2.24. The van der Waals surface area contributed by atoms with E-state index >= 15 is 0 Å². The smallest absolute Gasteiger partial charge is 0.176 e. The van der Waals surface area contributed by atoms with Gasteiger partial charge in [-0.05, 0) is 57.0 Å². The van der Waals surface area contributed by atoms with Crippen molar-refractivity contribution in [3.63, 3.8) is 0 Å². The molecule has 0 bridgehead atoms. The maximum Gasteiger partial charge on any atom is 0.176 e. The molecule has 1 unspecified atom stereocenters. The van der Waals surface area contributed by atoms with Crippen molar-refractivity contribution in [2.45, 2.75) is 32.7 Å². The number of rotatable bonds is 4. The van der Waals surface area contributed by atoms with Gasteiger partial charge in [0.15, 0.2) is 5.82 Å². The van der Waals surface area contributed by atoms with Crippen LogP contribution in [0, 0.1) is 19.7 Å². The fourth-order valence-corrected chi connectivity index (χ4v) is 3.61. The molecule has 2 aromatic heterocycles. The van der Waals surface area contributed by atoms with Crippen LogP contribution in [0.4, 0.5) is 15.9 Å². The topological polar surface area (TPSA) is 58.9 Å². The van der Waals surface area contributed by atoms with Crippen LogP contribution in [0.15, 0.2) is 42.5 Å². The van der Waals surface area contributed by atoms with E-state index in [0.717, 1.165) is 43.1 Å². The maximum absolute atomic E-state index is 14.1. The molecule has 0 saturated carbocycles. The molecule has 1 saturated heterocycles. The summed E-state index contributed by atoms with van der Waals surface area (Å²) in [6, 6.07) is 13.0. The van der Waals surface area contributed by atoms with E-state index in [1.54, 1.807) is 10.7 Å². The van der Waals surface area contributed by atoms with E-state index < -0.39 is 0 Å². The van der Waals surface area contributed by atoms with Crippen molar-refractivity contribution in [3.8, 4) is 5.82 Å². The van der Waals surface area contributed by atoms with Crippen LogP contribution >= 0.6 is 0 Å². The summed E-state index contributed by atoms with van der Waals surface area (Å²) < 4.78 is 15.9. The number of para-hydroxylation sites is 1. The Kier molecular flexibility index (Phi) is 4.75. The molecule has 0 spiro atoms. The summed E-state index contributed by atoms with van der Waals surface area (Å²) in [6.07, 6.45) is 2.02. The summed E-state index contributed by atoms with van der Waals surface area (Å²) in [4.78, 5) is 2.09. The van der Waals surface area contributed by atoms with Gasteiger partial charge in [0, 0.05) is 24.8 Å². The maximum atomic E-state index is 14.1. The molecule has 6 nitrogen and oxygen atoms in total. The zero-order chi connectivity index (χ0) is 18.8. The zero-order valence-corrected chi connectivity index (χ0v) is 15.6. The summed E-state index contributed by atoms with van der Waals surface area (Å²) in [6.45, 7) is 5.55. The Hall–Kier alpha value is -2.96. The van der Waals surface area contributed by atoms with Crippen LogP contribution in [0.1, 0.15) is 24.2 Å². The lowest BCUT2D eigenvalue weighted by atomic mass is 10.0. The molecule has 1 aromatic carbocycles. The van der Waals surface area contributed by atoms with Gasteiger partial charge in [0.25, 0.3) is 0 Å². The molecule has 0 amide bonds. The summed E-state index contributed by atoms with van der Waals surface area (Å²) >= 11 is 0. The van der Waals surface area contributed by atoms with Crippen LogP contribution in [0.3, 0.4) is 0 Å². The number of hydrogen-bond acceptors (Lipinski definition) is 5. The van der Waals surface area contributed by atoms with Crippen molar-refractivity contribution < 1.29 is 4.39 Å². The monoisotopic (exact) mass is 366 g/mol. The first-order chi connectivity index (χ1) is 13.1. The summed E-state index contributed by atoms with van der Waals surface area (Å²) in [5.41, 5.74) is 2.64. The van der Waals surface area contributed by atoms with Gasteiger partial charge in [-0.25, -0.2) is 9.07 Å². The Morgan fingerprint density at radius 1 is 1.11 bits per heavy atom. The SMILES string of the molecule is Cc1cc(C)n(-c2ccc(NC3CCCN(c4ccccc4F)C3)nn2)n1. The number of aromatic nitrogens is 4. The van der Waals surface area contributed by atoms with Crippen LogP contribution in [0.5, 0.6) is 0 Å². The average Bonchev–Trinajstić information content (AvgIpc) is 3.01. The van der Waals surface area contributed by atoms with Crippen LogP contribution in [0.25, 0.3) is 5.82 Å².